The summed E-state index contributed by atoms with van der Waals surface area (Å²) in [6.45, 7) is 4.25. The van der Waals surface area contributed by atoms with Crippen molar-refractivity contribution in [2.45, 2.75) is 32.7 Å². The number of anilines is 2. The van der Waals surface area contributed by atoms with Gasteiger partial charge in [0.15, 0.2) is 5.78 Å². The van der Waals surface area contributed by atoms with E-state index in [0.29, 0.717) is 23.5 Å². The van der Waals surface area contributed by atoms with Crippen LogP contribution in [0.15, 0.2) is 84.1 Å². The minimum Gasteiger partial charge on any atom is -0.497 e. The first-order valence-electron chi connectivity index (χ1n) is 11.7. The Bertz CT molecular complexity index is 1310. The lowest BCUT2D eigenvalue weighted by Gasteiger charge is -2.34. The van der Waals surface area contributed by atoms with Crippen LogP contribution in [0.3, 0.4) is 0 Å². The van der Waals surface area contributed by atoms with Gasteiger partial charge in [0.05, 0.1) is 30.1 Å². The summed E-state index contributed by atoms with van der Waals surface area (Å²) in [7, 11) is 1.58. The van der Waals surface area contributed by atoms with Gasteiger partial charge in [-0.3, -0.25) is 4.79 Å². The molecule has 0 spiro atoms. The summed E-state index contributed by atoms with van der Waals surface area (Å²) in [5.74, 6) is 0.809. The van der Waals surface area contributed by atoms with Gasteiger partial charge in [-0.05, 0) is 65.9 Å². The topological polar surface area (TPSA) is 76.7 Å². The summed E-state index contributed by atoms with van der Waals surface area (Å²) >= 11 is 0. The molecule has 35 heavy (non-hydrogen) atoms. The summed E-state index contributed by atoms with van der Waals surface area (Å²) in [6.07, 6.45) is 1.29. The molecular formula is C29H28N2O4. The molecule has 1 heterocycles. The number of fused-ring (bicyclic) bond motifs is 1. The number of Topliss-reactive ketones (excluding diaryl/α,β-unsaturated/α-hetero) is 1. The van der Waals surface area contributed by atoms with Gasteiger partial charge in [0.25, 0.3) is 0 Å². The smallest absolute Gasteiger partial charge is 0.343 e. The number of rotatable bonds is 4. The van der Waals surface area contributed by atoms with Gasteiger partial charge in [-0.25, -0.2) is 4.79 Å². The second kappa shape index (κ2) is 8.95. The molecule has 0 saturated heterocycles. The van der Waals surface area contributed by atoms with Gasteiger partial charge in [-0.15, -0.1) is 0 Å². The third-order valence-electron chi connectivity index (χ3n) is 6.47. The molecule has 178 valence electrons. The highest BCUT2D eigenvalue weighted by Gasteiger charge is 2.38. The van der Waals surface area contributed by atoms with Crippen molar-refractivity contribution in [1.29, 1.82) is 0 Å². The fourth-order valence-corrected chi connectivity index (χ4v) is 4.76. The van der Waals surface area contributed by atoms with E-state index >= 15 is 0 Å². The average molecular weight is 469 g/mol. The molecule has 3 aromatic rings. The molecule has 3 aromatic carbocycles. The number of para-hydroxylation sites is 2. The number of hydrogen-bond acceptors (Lipinski definition) is 6. The first kappa shape index (κ1) is 22.7. The maximum atomic E-state index is 13.3. The van der Waals surface area contributed by atoms with Gasteiger partial charge in [-0.2, -0.15) is 0 Å². The normalized spacial score (nSPS) is 18.4. The molecule has 0 saturated carbocycles. The second-order valence-electron chi connectivity index (χ2n) is 9.77. The number of benzene rings is 3. The lowest BCUT2D eigenvalue weighted by Crippen LogP contribution is -2.31. The highest BCUT2D eigenvalue weighted by molar-refractivity contribution is 6.01. The van der Waals surface area contributed by atoms with E-state index in [0.717, 1.165) is 34.6 Å². The summed E-state index contributed by atoms with van der Waals surface area (Å²) in [4.78, 5) is 25.9. The first-order valence-corrected chi connectivity index (χ1v) is 11.7. The zero-order valence-corrected chi connectivity index (χ0v) is 20.1. The molecule has 6 nitrogen and oxygen atoms in total. The Morgan fingerprint density at radius 2 is 1.54 bits per heavy atom. The third kappa shape index (κ3) is 4.64. The largest absolute Gasteiger partial charge is 0.497 e. The summed E-state index contributed by atoms with van der Waals surface area (Å²) in [5.41, 5.74) is 4.88. The van der Waals surface area contributed by atoms with Gasteiger partial charge in [0.1, 0.15) is 11.5 Å². The number of carbonyl (C=O) groups is 2. The molecule has 0 aromatic heterocycles. The van der Waals surface area contributed by atoms with E-state index in [9.17, 15) is 9.59 Å². The zero-order chi connectivity index (χ0) is 24.6. The highest BCUT2D eigenvalue weighted by Crippen LogP contribution is 2.45. The maximum absolute atomic E-state index is 13.3. The van der Waals surface area contributed by atoms with Crippen molar-refractivity contribution >= 4 is 23.1 Å². The lowest BCUT2D eigenvalue weighted by molar-refractivity contribution is -0.118. The molecule has 1 aliphatic heterocycles. The number of nitrogens with one attached hydrogen (secondary N) is 2. The van der Waals surface area contributed by atoms with Crippen molar-refractivity contribution in [2.24, 2.45) is 5.41 Å². The number of ketones is 1. The molecule has 6 heteroatoms. The fourth-order valence-electron chi connectivity index (χ4n) is 4.76. The van der Waals surface area contributed by atoms with Gasteiger partial charge >= 0.3 is 5.97 Å². The van der Waals surface area contributed by atoms with Crippen molar-refractivity contribution in [3.8, 4) is 11.5 Å². The monoisotopic (exact) mass is 468 g/mol. The van der Waals surface area contributed by atoms with Crippen LogP contribution in [0.2, 0.25) is 0 Å². The van der Waals surface area contributed by atoms with Gasteiger partial charge in [0, 0.05) is 17.7 Å². The number of ether oxygens (including phenoxy) is 2. The average Bonchev–Trinajstić information content (AvgIpc) is 3.00. The van der Waals surface area contributed by atoms with Crippen molar-refractivity contribution in [1.82, 2.24) is 0 Å². The predicted molar refractivity (Wildman–Crippen MR) is 136 cm³/mol. The van der Waals surface area contributed by atoms with Crippen LogP contribution in [-0.4, -0.2) is 18.9 Å². The predicted octanol–water partition coefficient (Wildman–Crippen LogP) is 6.14. The van der Waals surface area contributed by atoms with Crippen molar-refractivity contribution < 1.29 is 19.1 Å². The van der Waals surface area contributed by atoms with Gasteiger partial charge in [-0.1, -0.05) is 38.1 Å². The second-order valence-corrected chi connectivity index (χ2v) is 9.77. The van der Waals surface area contributed by atoms with E-state index < -0.39 is 5.97 Å². The van der Waals surface area contributed by atoms with Crippen LogP contribution in [0.1, 0.15) is 48.7 Å². The van der Waals surface area contributed by atoms with Crippen LogP contribution < -0.4 is 20.1 Å². The molecule has 0 fully saturated rings. The summed E-state index contributed by atoms with van der Waals surface area (Å²) in [6, 6.07) is 21.8. The minimum atomic E-state index is -0.444. The highest BCUT2D eigenvalue weighted by atomic mass is 16.5. The number of esters is 1. The Labute approximate surface area is 205 Å². The fraction of sp³-hybridized carbons (Fsp3) is 0.241. The molecule has 0 radical (unpaired) electrons. The SMILES string of the molecule is COc1ccc(C(=O)Oc2ccc([C@@H]3Nc4ccccc4NC4=C3C(=O)CC(C)(C)C4)cc2)cc1. The Morgan fingerprint density at radius 3 is 2.23 bits per heavy atom. The van der Waals surface area contributed by atoms with E-state index in [1.165, 1.54) is 0 Å². The van der Waals surface area contributed by atoms with E-state index in [2.05, 4.69) is 24.5 Å². The Morgan fingerprint density at radius 1 is 0.886 bits per heavy atom. The van der Waals surface area contributed by atoms with Crippen molar-refractivity contribution in [2.75, 3.05) is 17.7 Å². The summed E-state index contributed by atoms with van der Waals surface area (Å²) in [5, 5.41) is 7.10. The molecule has 2 N–H and O–H groups in total. The van der Waals surface area contributed by atoms with E-state index in [4.69, 9.17) is 9.47 Å². The number of carbonyl (C=O) groups excluding carboxylic acids is 2. The molecular weight excluding hydrogens is 440 g/mol. The number of methoxy groups -OCH3 is 1. The van der Waals surface area contributed by atoms with E-state index in [1.807, 2.05) is 36.4 Å². The number of hydrogen-bond donors (Lipinski definition) is 2. The molecule has 5 rings (SSSR count). The lowest BCUT2D eigenvalue weighted by atomic mass is 9.73. The van der Waals surface area contributed by atoms with E-state index in [-0.39, 0.29) is 17.2 Å². The first-order chi connectivity index (χ1) is 16.8. The third-order valence-corrected chi connectivity index (χ3v) is 6.47. The Kier molecular flexibility index (Phi) is 5.81. The maximum Gasteiger partial charge on any atom is 0.343 e. The molecule has 0 bridgehead atoms. The molecule has 0 amide bonds. The van der Waals surface area contributed by atoms with Crippen LogP contribution in [0.5, 0.6) is 11.5 Å². The molecule has 2 aliphatic rings. The van der Waals surface area contributed by atoms with Crippen LogP contribution in [0.4, 0.5) is 11.4 Å². The quantitative estimate of drug-likeness (QED) is 0.354. The van der Waals surface area contributed by atoms with Crippen LogP contribution >= 0.6 is 0 Å². The van der Waals surface area contributed by atoms with Crippen molar-refractivity contribution in [3.05, 3.63) is 95.2 Å². The van der Waals surface area contributed by atoms with Crippen LogP contribution in [0, 0.1) is 5.41 Å². The van der Waals surface area contributed by atoms with Crippen LogP contribution in [0.25, 0.3) is 0 Å². The van der Waals surface area contributed by atoms with Crippen LogP contribution in [-0.2, 0) is 4.79 Å². The Balaban J connectivity index is 1.43. The summed E-state index contributed by atoms with van der Waals surface area (Å²) < 4.78 is 10.7. The molecule has 1 atom stereocenters. The van der Waals surface area contributed by atoms with Gasteiger partial charge in [0.2, 0.25) is 0 Å². The minimum absolute atomic E-state index is 0.105. The van der Waals surface area contributed by atoms with E-state index in [1.54, 1.807) is 43.5 Å². The standard InChI is InChI=1S/C29H28N2O4/c1-29(2)16-24-26(25(32)17-29)27(31-23-7-5-4-6-22(23)30-24)18-8-14-21(15-9-18)35-28(33)19-10-12-20(34-3)13-11-19/h4-15,27,30-31H,16-17H2,1-3H3/t27-/m0/s1. The molecule has 0 unspecified atom stereocenters. The zero-order valence-electron chi connectivity index (χ0n) is 20.1. The molecule has 1 aliphatic carbocycles. The van der Waals surface area contributed by atoms with Gasteiger partial charge < -0.3 is 20.1 Å². The Hall–Kier alpha value is -4.06. The van der Waals surface area contributed by atoms with Crippen molar-refractivity contribution in [3.63, 3.8) is 0 Å². The number of allylic oxidation sites excluding steroid dienone is 1.